The summed E-state index contributed by atoms with van der Waals surface area (Å²) < 4.78 is 5.93. The number of halogens is 2. The van der Waals surface area contributed by atoms with Crippen LogP contribution in [0.25, 0.3) is 0 Å². The smallest absolute Gasteiger partial charge is 0.283 e. The molecule has 2 amide bonds. The SMILES string of the molecule is COc1ccc(NC2=C(Cl)C(=O)N(c3ccc(Br)cc3)C2=O)cc1. The molecule has 24 heavy (non-hydrogen) atoms. The Kier molecular flexibility index (Phi) is 4.59. The van der Waals surface area contributed by atoms with Gasteiger partial charge in [0.15, 0.2) is 0 Å². The van der Waals surface area contributed by atoms with Crippen LogP contribution < -0.4 is 15.0 Å². The van der Waals surface area contributed by atoms with E-state index in [2.05, 4.69) is 21.2 Å². The molecule has 0 saturated carbocycles. The highest BCUT2D eigenvalue weighted by atomic mass is 79.9. The van der Waals surface area contributed by atoms with Crippen LogP contribution in [0.4, 0.5) is 11.4 Å². The third-order valence-corrected chi connectivity index (χ3v) is 4.35. The van der Waals surface area contributed by atoms with E-state index in [4.69, 9.17) is 16.3 Å². The Bertz CT molecular complexity index is 832. The molecule has 1 aliphatic rings. The number of ether oxygens (including phenoxy) is 1. The third kappa shape index (κ3) is 3.02. The number of methoxy groups -OCH3 is 1. The van der Waals surface area contributed by atoms with E-state index in [0.717, 1.165) is 9.37 Å². The Morgan fingerprint density at radius 3 is 2.21 bits per heavy atom. The van der Waals surface area contributed by atoms with Crippen molar-refractivity contribution in [2.24, 2.45) is 0 Å². The average Bonchev–Trinajstić information content (AvgIpc) is 2.80. The van der Waals surface area contributed by atoms with E-state index in [1.807, 2.05) is 0 Å². The van der Waals surface area contributed by atoms with Gasteiger partial charge in [0.25, 0.3) is 11.8 Å². The molecule has 0 aromatic heterocycles. The summed E-state index contributed by atoms with van der Waals surface area (Å²) in [4.78, 5) is 26.0. The molecule has 0 fully saturated rings. The molecule has 2 aromatic carbocycles. The molecule has 0 bridgehead atoms. The molecule has 2 aromatic rings. The fourth-order valence-electron chi connectivity index (χ4n) is 2.25. The van der Waals surface area contributed by atoms with Crippen molar-refractivity contribution in [2.45, 2.75) is 0 Å². The third-order valence-electron chi connectivity index (χ3n) is 3.47. The molecule has 0 aliphatic carbocycles. The van der Waals surface area contributed by atoms with Gasteiger partial charge >= 0.3 is 0 Å². The maximum absolute atomic E-state index is 12.6. The van der Waals surface area contributed by atoms with Crippen molar-refractivity contribution in [1.82, 2.24) is 0 Å². The lowest BCUT2D eigenvalue weighted by atomic mass is 10.2. The van der Waals surface area contributed by atoms with Crippen molar-refractivity contribution >= 4 is 50.7 Å². The highest BCUT2D eigenvalue weighted by molar-refractivity contribution is 9.10. The van der Waals surface area contributed by atoms with E-state index in [9.17, 15) is 9.59 Å². The van der Waals surface area contributed by atoms with Crippen LogP contribution in [0.1, 0.15) is 0 Å². The Hall–Kier alpha value is -2.31. The van der Waals surface area contributed by atoms with Crippen LogP contribution in [-0.4, -0.2) is 18.9 Å². The first-order valence-electron chi connectivity index (χ1n) is 6.96. The van der Waals surface area contributed by atoms with Crippen LogP contribution in [0, 0.1) is 0 Å². The summed E-state index contributed by atoms with van der Waals surface area (Å²) in [7, 11) is 1.57. The number of rotatable bonds is 4. The quantitative estimate of drug-likeness (QED) is 0.781. The number of benzene rings is 2. The minimum Gasteiger partial charge on any atom is -0.497 e. The zero-order valence-corrected chi connectivity index (χ0v) is 14.9. The minimum atomic E-state index is -0.556. The summed E-state index contributed by atoms with van der Waals surface area (Å²) >= 11 is 9.40. The Labute approximate surface area is 152 Å². The molecule has 5 nitrogen and oxygen atoms in total. The largest absolute Gasteiger partial charge is 0.497 e. The molecule has 0 spiro atoms. The highest BCUT2D eigenvalue weighted by Gasteiger charge is 2.38. The fraction of sp³-hybridized carbons (Fsp3) is 0.0588. The van der Waals surface area contributed by atoms with Gasteiger partial charge < -0.3 is 10.1 Å². The van der Waals surface area contributed by atoms with Gasteiger partial charge in [-0.25, -0.2) is 4.90 Å². The number of nitrogens with zero attached hydrogens (tertiary/aromatic N) is 1. The van der Waals surface area contributed by atoms with Crippen molar-refractivity contribution in [1.29, 1.82) is 0 Å². The molecule has 3 rings (SSSR count). The zero-order chi connectivity index (χ0) is 17.3. The van der Waals surface area contributed by atoms with Crippen molar-refractivity contribution < 1.29 is 14.3 Å². The summed E-state index contributed by atoms with van der Waals surface area (Å²) in [6, 6.07) is 13.8. The van der Waals surface area contributed by atoms with Crippen LogP contribution >= 0.6 is 27.5 Å². The van der Waals surface area contributed by atoms with E-state index in [0.29, 0.717) is 17.1 Å². The lowest BCUT2D eigenvalue weighted by Crippen LogP contribution is -2.32. The normalized spacial score (nSPS) is 14.4. The molecule has 1 N–H and O–H groups in total. The molecule has 0 radical (unpaired) electrons. The van der Waals surface area contributed by atoms with Crippen molar-refractivity contribution in [2.75, 3.05) is 17.3 Å². The summed E-state index contributed by atoms with van der Waals surface area (Å²) in [5.74, 6) is -0.367. The van der Waals surface area contributed by atoms with Gasteiger partial charge in [0.1, 0.15) is 16.5 Å². The number of anilines is 2. The molecular weight excluding hydrogens is 396 g/mol. The van der Waals surface area contributed by atoms with Crippen molar-refractivity contribution in [3.05, 3.63) is 63.7 Å². The number of hydrogen-bond donors (Lipinski definition) is 1. The predicted molar refractivity (Wildman–Crippen MR) is 96.1 cm³/mol. The van der Waals surface area contributed by atoms with Crippen LogP contribution in [-0.2, 0) is 9.59 Å². The van der Waals surface area contributed by atoms with Crippen LogP contribution in [0.15, 0.2) is 63.7 Å². The second-order valence-corrected chi connectivity index (χ2v) is 6.26. The monoisotopic (exact) mass is 406 g/mol. The molecule has 0 unspecified atom stereocenters. The van der Waals surface area contributed by atoms with Gasteiger partial charge in [0.2, 0.25) is 0 Å². The maximum Gasteiger partial charge on any atom is 0.283 e. The van der Waals surface area contributed by atoms with Gasteiger partial charge in [-0.2, -0.15) is 0 Å². The highest BCUT2D eigenvalue weighted by Crippen LogP contribution is 2.31. The summed E-state index contributed by atoms with van der Waals surface area (Å²) in [5.41, 5.74) is 1.13. The Morgan fingerprint density at radius 2 is 1.62 bits per heavy atom. The first kappa shape index (κ1) is 16.5. The van der Waals surface area contributed by atoms with E-state index < -0.39 is 11.8 Å². The topological polar surface area (TPSA) is 58.6 Å². The summed E-state index contributed by atoms with van der Waals surface area (Å²) in [5, 5.41) is 2.76. The van der Waals surface area contributed by atoms with Gasteiger partial charge in [-0.1, -0.05) is 27.5 Å². The predicted octanol–water partition coefficient (Wildman–Crippen LogP) is 3.89. The summed E-state index contributed by atoms with van der Waals surface area (Å²) in [6.45, 7) is 0. The van der Waals surface area contributed by atoms with Gasteiger partial charge in [-0.05, 0) is 48.5 Å². The Balaban J connectivity index is 1.87. The molecular formula is C17H12BrClN2O3. The van der Waals surface area contributed by atoms with Gasteiger partial charge in [-0.15, -0.1) is 0 Å². The zero-order valence-electron chi connectivity index (χ0n) is 12.5. The van der Waals surface area contributed by atoms with Gasteiger partial charge in [0.05, 0.1) is 12.8 Å². The Morgan fingerprint density at radius 1 is 1.00 bits per heavy atom. The standard InChI is InChI=1S/C17H12BrClN2O3/c1-24-13-8-4-11(5-9-13)20-15-14(19)16(22)21(17(15)23)12-6-2-10(18)3-7-12/h2-9,20H,1H3. The molecule has 0 saturated heterocycles. The van der Waals surface area contributed by atoms with E-state index in [1.165, 1.54) is 0 Å². The van der Waals surface area contributed by atoms with Crippen molar-refractivity contribution in [3.8, 4) is 5.75 Å². The molecule has 7 heteroatoms. The lowest BCUT2D eigenvalue weighted by Gasteiger charge is -2.15. The maximum atomic E-state index is 12.6. The van der Waals surface area contributed by atoms with E-state index in [1.54, 1.807) is 55.6 Å². The number of hydrogen-bond acceptors (Lipinski definition) is 4. The first-order valence-corrected chi connectivity index (χ1v) is 8.13. The number of nitrogens with one attached hydrogen (secondary N) is 1. The first-order chi connectivity index (χ1) is 11.5. The number of carbonyl (C=O) groups excluding carboxylic acids is 2. The molecule has 1 heterocycles. The number of imide groups is 1. The molecule has 0 atom stereocenters. The van der Waals surface area contributed by atoms with Crippen LogP contribution in [0.5, 0.6) is 5.75 Å². The summed E-state index contributed by atoms with van der Waals surface area (Å²) in [6.07, 6.45) is 0. The minimum absolute atomic E-state index is 0.0507. The number of amides is 2. The average molecular weight is 408 g/mol. The van der Waals surface area contributed by atoms with E-state index in [-0.39, 0.29) is 10.7 Å². The molecule has 122 valence electrons. The van der Waals surface area contributed by atoms with Crippen LogP contribution in [0.2, 0.25) is 0 Å². The fourth-order valence-corrected chi connectivity index (χ4v) is 2.73. The molecule has 1 aliphatic heterocycles. The van der Waals surface area contributed by atoms with Gasteiger partial charge in [0, 0.05) is 10.2 Å². The van der Waals surface area contributed by atoms with Crippen molar-refractivity contribution in [3.63, 3.8) is 0 Å². The van der Waals surface area contributed by atoms with Gasteiger partial charge in [-0.3, -0.25) is 9.59 Å². The number of carbonyl (C=O) groups is 2. The van der Waals surface area contributed by atoms with E-state index >= 15 is 0 Å². The second-order valence-electron chi connectivity index (χ2n) is 4.96. The lowest BCUT2D eigenvalue weighted by molar-refractivity contribution is -0.120. The van der Waals surface area contributed by atoms with Crippen LogP contribution in [0.3, 0.4) is 0 Å². The second kappa shape index (κ2) is 6.67.